The van der Waals surface area contributed by atoms with Gasteiger partial charge in [0, 0.05) is 12.6 Å². The highest BCUT2D eigenvalue weighted by Gasteiger charge is 2.06. The SMILES string of the molecule is CC(NC1=NCCC=C1)c1ccccc1. The smallest absolute Gasteiger partial charge is 0.120 e. The predicted molar refractivity (Wildman–Crippen MR) is 64.1 cm³/mol. The summed E-state index contributed by atoms with van der Waals surface area (Å²) in [6.45, 7) is 3.06. The number of amidine groups is 1. The fourth-order valence-electron chi connectivity index (χ4n) is 1.65. The zero-order valence-corrected chi connectivity index (χ0v) is 8.98. The van der Waals surface area contributed by atoms with E-state index >= 15 is 0 Å². The molecule has 0 spiro atoms. The van der Waals surface area contributed by atoms with Crippen molar-refractivity contribution in [3.05, 3.63) is 48.0 Å². The number of nitrogens with zero attached hydrogens (tertiary/aromatic N) is 1. The molecule has 1 aromatic carbocycles. The Morgan fingerprint density at radius 1 is 1.27 bits per heavy atom. The first-order valence-electron chi connectivity index (χ1n) is 5.39. The van der Waals surface area contributed by atoms with Crippen LogP contribution in [0.5, 0.6) is 0 Å². The lowest BCUT2D eigenvalue weighted by Gasteiger charge is -2.16. The van der Waals surface area contributed by atoms with Crippen molar-refractivity contribution in [1.29, 1.82) is 0 Å². The van der Waals surface area contributed by atoms with Crippen molar-refractivity contribution in [2.24, 2.45) is 4.99 Å². The molecule has 2 nitrogen and oxygen atoms in total. The minimum absolute atomic E-state index is 0.313. The molecule has 1 atom stereocenters. The molecule has 1 aliphatic heterocycles. The van der Waals surface area contributed by atoms with Crippen LogP contribution in [0, 0.1) is 0 Å². The zero-order valence-electron chi connectivity index (χ0n) is 8.98. The third kappa shape index (κ3) is 2.69. The minimum atomic E-state index is 0.313. The Bertz CT molecular complexity index is 365. The molecule has 2 rings (SSSR count). The Morgan fingerprint density at radius 3 is 2.73 bits per heavy atom. The summed E-state index contributed by atoms with van der Waals surface area (Å²) >= 11 is 0. The molecule has 78 valence electrons. The van der Waals surface area contributed by atoms with Crippen molar-refractivity contribution in [2.45, 2.75) is 19.4 Å². The van der Waals surface area contributed by atoms with E-state index in [4.69, 9.17) is 0 Å². The maximum Gasteiger partial charge on any atom is 0.120 e. The van der Waals surface area contributed by atoms with E-state index in [0.717, 1.165) is 18.8 Å². The van der Waals surface area contributed by atoms with E-state index in [1.165, 1.54) is 5.56 Å². The number of benzene rings is 1. The van der Waals surface area contributed by atoms with E-state index < -0.39 is 0 Å². The molecule has 1 heterocycles. The van der Waals surface area contributed by atoms with Gasteiger partial charge in [-0.1, -0.05) is 36.4 Å². The molecule has 0 radical (unpaired) electrons. The zero-order chi connectivity index (χ0) is 10.5. The van der Waals surface area contributed by atoms with Gasteiger partial charge in [0.15, 0.2) is 0 Å². The lowest BCUT2D eigenvalue weighted by molar-refractivity contribution is 0.713. The Balaban J connectivity index is 2.01. The molecule has 0 fully saturated rings. The van der Waals surface area contributed by atoms with Gasteiger partial charge in [0.1, 0.15) is 5.84 Å². The van der Waals surface area contributed by atoms with Crippen molar-refractivity contribution in [1.82, 2.24) is 5.32 Å². The molecular weight excluding hydrogens is 184 g/mol. The summed E-state index contributed by atoms with van der Waals surface area (Å²) in [7, 11) is 0. The molecule has 0 saturated carbocycles. The first-order valence-corrected chi connectivity index (χ1v) is 5.39. The molecule has 1 aliphatic rings. The van der Waals surface area contributed by atoms with Gasteiger partial charge in [-0.3, -0.25) is 4.99 Å². The van der Waals surface area contributed by atoms with Gasteiger partial charge in [-0.2, -0.15) is 0 Å². The Hall–Kier alpha value is -1.57. The van der Waals surface area contributed by atoms with E-state index in [1.54, 1.807) is 0 Å². The van der Waals surface area contributed by atoms with Gasteiger partial charge in [-0.15, -0.1) is 0 Å². The van der Waals surface area contributed by atoms with Crippen LogP contribution in [0.1, 0.15) is 24.9 Å². The number of rotatable bonds is 2. The number of dihydropyridines is 1. The van der Waals surface area contributed by atoms with Gasteiger partial charge in [0.25, 0.3) is 0 Å². The lowest BCUT2D eigenvalue weighted by Crippen LogP contribution is -2.26. The molecule has 0 aliphatic carbocycles. The van der Waals surface area contributed by atoms with E-state index in [0.29, 0.717) is 6.04 Å². The van der Waals surface area contributed by atoms with Crippen LogP contribution in [0.2, 0.25) is 0 Å². The summed E-state index contributed by atoms with van der Waals surface area (Å²) in [5.74, 6) is 0.998. The average molecular weight is 200 g/mol. The fourth-order valence-corrected chi connectivity index (χ4v) is 1.65. The van der Waals surface area contributed by atoms with Crippen LogP contribution < -0.4 is 5.32 Å². The molecule has 1 unspecified atom stereocenters. The van der Waals surface area contributed by atoms with Gasteiger partial charge in [0.2, 0.25) is 0 Å². The summed E-state index contributed by atoms with van der Waals surface area (Å²) < 4.78 is 0. The average Bonchev–Trinajstić information content (AvgIpc) is 2.31. The monoisotopic (exact) mass is 200 g/mol. The standard InChI is InChI=1S/C13H16N2/c1-11(12-7-3-2-4-8-12)15-13-9-5-6-10-14-13/h2-5,7-9,11H,6,10H2,1H3,(H,14,15). The molecule has 1 N–H and O–H groups in total. The molecule has 0 saturated heterocycles. The van der Waals surface area contributed by atoms with Gasteiger partial charge in [-0.25, -0.2) is 0 Å². The molecule has 2 heteroatoms. The van der Waals surface area contributed by atoms with Gasteiger partial charge in [-0.05, 0) is 25.0 Å². The lowest BCUT2D eigenvalue weighted by atomic mass is 10.1. The fraction of sp³-hybridized carbons (Fsp3) is 0.308. The Morgan fingerprint density at radius 2 is 2.07 bits per heavy atom. The van der Waals surface area contributed by atoms with E-state index in [-0.39, 0.29) is 0 Å². The number of aliphatic imine (C=N–C) groups is 1. The summed E-state index contributed by atoms with van der Waals surface area (Å²) in [6, 6.07) is 10.7. The molecule has 0 aromatic heterocycles. The van der Waals surface area contributed by atoms with Crippen LogP contribution in [0.4, 0.5) is 0 Å². The van der Waals surface area contributed by atoms with Gasteiger partial charge < -0.3 is 5.32 Å². The van der Waals surface area contributed by atoms with Crippen molar-refractivity contribution >= 4 is 5.84 Å². The summed E-state index contributed by atoms with van der Waals surface area (Å²) in [5, 5.41) is 3.40. The van der Waals surface area contributed by atoms with Crippen LogP contribution in [-0.2, 0) is 0 Å². The maximum atomic E-state index is 4.41. The van der Waals surface area contributed by atoms with Crippen LogP contribution in [0.3, 0.4) is 0 Å². The van der Waals surface area contributed by atoms with Crippen molar-refractivity contribution in [3.63, 3.8) is 0 Å². The van der Waals surface area contributed by atoms with E-state index in [2.05, 4.69) is 53.7 Å². The van der Waals surface area contributed by atoms with Crippen molar-refractivity contribution in [2.75, 3.05) is 6.54 Å². The van der Waals surface area contributed by atoms with Crippen LogP contribution in [-0.4, -0.2) is 12.4 Å². The maximum absolute atomic E-state index is 4.41. The number of nitrogens with one attached hydrogen (secondary N) is 1. The van der Waals surface area contributed by atoms with E-state index in [1.807, 2.05) is 6.07 Å². The Labute approximate surface area is 90.7 Å². The highest BCUT2D eigenvalue weighted by Crippen LogP contribution is 2.11. The predicted octanol–water partition coefficient (Wildman–Crippen LogP) is 2.70. The van der Waals surface area contributed by atoms with Crippen molar-refractivity contribution < 1.29 is 0 Å². The van der Waals surface area contributed by atoms with Crippen LogP contribution in [0.15, 0.2) is 47.5 Å². The van der Waals surface area contributed by atoms with Crippen LogP contribution >= 0.6 is 0 Å². The largest absolute Gasteiger partial charge is 0.364 e. The molecular formula is C13H16N2. The second-order valence-electron chi connectivity index (χ2n) is 3.73. The molecule has 1 aromatic rings. The molecule has 15 heavy (non-hydrogen) atoms. The topological polar surface area (TPSA) is 24.4 Å². The van der Waals surface area contributed by atoms with Crippen molar-refractivity contribution in [3.8, 4) is 0 Å². The highest BCUT2D eigenvalue weighted by molar-refractivity contribution is 5.93. The minimum Gasteiger partial charge on any atom is -0.364 e. The highest BCUT2D eigenvalue weighted by atomic mass is 15.0. The molecule has 0 amide bonds. The quantitative estimate of drug-likeness (QED) is 0.780. The summed E-state index contributed by atoms with van der Waals surface area (Å²) in [4.78, 5) is 4.41. The number of hydrogen-bond donors (Lipinski definition) is 1. The van der Waals surface area contributed by atoms with E-state index in [9.17, 15) is 0 Å². The summed E-state index contributed by atoms with van der Waals surface area (Å²) in [5.41, 5.74) is 1.29. The summed E-state index contributed by atoms with van der Waals surface area (Å²) in [6.07, 6.45) is 5.28. The third-order valence-electron chi connectivity index (χ3n) is 2.52. The second kappa shape index (κ2) is 4.78. The normalized spacial score (nSPS) is 17.0. The first-order chi connectivity index (χ1) is 7.36. The van der Waals surface area contributed by atoms with Gasteiger partial charge in [0.05, 0.1) is 0 Å². The third-order valence-corrected chi connectivity index (χ3v) is 2.52. The Kier molecular flexibility index (Phi) is 3.18. The number of hydrogen-bond acceptors (Lipinski definition) is 2. The molecule has 0 bridgehead atoms. The first kappa shape index (κ1) is 9.97. The van der Waals surface area contributed by atoms with Gasteiger partial charge >= 0.3 is 0 Å². The van der Waals surface area contributed by atoms with Crippen LogP contribution in [0.25, 0.3) is 0 Å². The second-order valence-corrected chi connectivity index (χ2v) is 3.73.